The average Bonchev–Trinajstić information content (AvgIpc) is 2.03. The Labute approximate surface area is 73.0 Å². The minimum absolute atomic E-state index is 0.00259. The van der Waals surface area contributed by atoms with Crippen molar-refractivity contribution >= 4 is 11.8 Å². The van der Waals surface area contributed by atoms with Crippen molar-refractivity contribution in [2.45, 2.75) is 4.90 Å². The van der Waals surface area contributed by atoms with Gasteiger partial charge in [0, 0.05) is 0 Å². The zero-order chi connectivity index (χ0) is 9.14. The molecule has 0 saturated heterocycles. The summed E-state index contributed by atoms with van der Waals surface area (Å²) in [6.45, 7) is 0. The summed E-state index contributed by atoms with van der Waals surface area (Å²) in [6, 6.07) is 3.72. The Morgan fingerprint density at radius 3 is 2.17 bits per heavy atom. The second kappa shape index (κ2) is 3.55. The van der Waals surface area contributed by atoms with Crippen LogP contribution in [-0.2, 0) is 0 Å². The first kappa shape index (κ1) is 9.01. The molecule has 0 aliphatic heterocycles. The Kier molecular flexibility index (Phi) is 2.66. The quantitative estimate of drug-likeness (QED) is 0.628. The van der Waals surface area contributed by atoms with Crippen LogP contribution in [0.4, 0.5) is 8.78 Å². The van der Waals surface area contributed by atoms with Crippen LogP contribution < -0.4 is 0 Å². The highest BCUT2D eigenvalue weighted by Crippen LogP contribution is 2.23. The molecule has 4 heteroatoms. The largest absolute Gasteiger partial charge is 0.206 e. The molecule has 0 aliphatic carbocycles. The number of hydrogen-bond donors (Lipinski definition) is 0. The number of nitrogens with zero attached hydrogens (tertiary/aromatic N) is 1. The Balaban J connectivity index is 3.30. The van der Waals surface area contributed by atoms with Crippen molar-refractivity contribution in [3.63, 3.8) is 0 Å². The first-order valence-electron chi connectivity index (χ1n) is 3.12. The molecular formula is C8H5F2NS. The third-order valence-corrected chi connectivity index (χ3v) is 2.13. The Hall–Kier alpha value is -1.08. The molecular weight excluding hydrogens is 180 g/mol. The SMILES string of the molecule is CSc1c(F)cc(C#N)cc1F. The number of rotatable bonds is 1. The van der Waals surface area contributed by atoms with Gasteiger partial charge in [0.2, 0.25) is 0 Å². The molecule has 0 aromatic heterocycles. The van der Waals surface area contributed by atoms with Crippen molar-refractivity contribution < 1.29 is 8.78 Å². The van der Waals surface area contributed by atoms with Crippen LogP contribution in [0.2, 0.25) is 0 Å². The Morgan fingerprint density at radius 2 is 1.83 bits per heavy atom. The predicted molar refractivity (Wildman–Crippen MR) is 42.9 cm³/mol. The van der Waals surface area contributed by atoms with Crippen molar-refractivity contribution in [2.75, 3.05) is 6.26 Å². The maximum Gasteiger partial charge on any atom is 0.141 e. The molecule has 1 aromatic rings. The Morgan fingerprint density at radius 1 is 1.33 bits per heavy atom. The lowest BCUT2D eigenvalue weighted by molar-refractivity contribution is 0.540. The van der Waals surface area contributed by atoms with Crippen LogP contribution >= 0.6 is 11.8 Å². The molecule has 1 rings (SSSR count). The summed E-state index contributed by atoms with van der Waals surface area (Å²) in [5, 5.41) is 8.36. The molecule has 0 aliphatic rings. The molecule has 0 spiro atoms. The monoisotopic (exact) mass is 185 g/mol. The number of thioether (sulfide) groups is 1. The fourth-order valence-electron chi connectivity index (χ4n) is 0.819. The molecule has 0 fully saturated rings. The Bertz CT molecular complexity index is 320. The van der Waals surface area contributed by atoms with E-state index in [2.05, 4.69) is 0 Å². The van der Waals surface area contributed by atoms with Crippen molar-refractivity contribution in [3.8, 4) is 6.07 Å². The molecule has 62 valence electrons. The lowest BCUT2D eigenvalue weighted by Gasteiger charge is -2.00. The first-order chi connectivity index (χ1) is 5.69. The minimum Gasteiger partial charge on any atom is -0.206 e. The number of halogens is 2. The fourth-order valence-corrected chi connectivity index (χ4v) is 1.33. The van der Waals surface area contributed by atoms with Gasteiger partial charge in [0.25, 0.3) is 0 Å². The van der Waals surface area contributed by atoms with Crippen LogP contribution in [-0.4, -0.2) is 6.26 Å². The van der Waals surface area contributed by atoms with Crippen LogP contribution in [0, 0.1) is 23.0 Å². The van der Waals surface area contributed by atoms with Crippen molar-refractivity contribution in [1.82, 2.24) is 0 Å². The fraction of sp³-hybridized carbons (Fsp3) is 0.125. The van der Waals surface area contributed by atoms with E-state index in [1.54, 1.807) is 12.3 Å². The summed E-state index contributed by atoms with van der Waals surface area (Å²) >= 11 is 0.982. The zero-order valence-corrected chi connectivity index (χ0v) is 7.08. The summed E-state index contributed by atoms with van der Waals surface area (Å²) in [6.07, 6.45) is 1.58. The smallest absolute Gasteiger partial charge is 0.141 e. The van der Waals surface area contributed by atoms with E-state index in [1.807, 2.05) is 0 Å². The van der Waals surface area contributed by atoms with E-state index in [9.17, 15) is 8.78 Å². The van der Waals surface area contributed by atoms with E-state index in [0.717, 1.165) is 23.9 Å². The third kappa shape index (κ3) is 1.56. The van der Waals surface area contributed by atoms with E-state index in [4.69, 9.17) is 5.26 Å². The minimum atomic E-state index is -0.681. The van der Waals surface area contributed by atoms with Crippen LogP contribution in [0.5, 0.6) is 0 Å². The number of benzene rings is 1. The number of nitriles is 1. The van der Waals surface area contributed by atoms with Gasteiger partial charge in [-0.1, -0.05) is 0 Å². The first-order valence-corrected chi connectivity index (χ1v) is 4.34. The van der Waals surface area contributed by atoms with Crippen molar-refractivity contribution in [1.29, 1.82) is 5.26 Å². The van der Waals surface area contributed by atoms with E-state index in [-0.39, 0.29) is 10.5 Å². The van der Waals surface area contributed by atoms with Gasteiger partial charge in [0.05, 0.1) is 16.5 Å². The summed E-state index contributed by atoms with van der Waals surface area (Å²) < 4.78 is 25.8. The highest BCUT2D eigenvalue weighted by molar-refractivity contribution is 7.98. The van der Waals surface area contributed by atoms with Crippen LogP contribution in [0.1, 0.15) is 5.56 Å². The van der Waals surface area contributed by atoms with E-state index in [0.29, 0.717) is 0 Å². The predicted octanol–water partition coefficient (Wildman–Crippen LogP) is 2.56. The molecule has 0 unspecified atom stereocenters. The summed E-state index contributed by atoms with van der Waals surface area (Å²) in [7, 11) is 0. The van der Waals surface area contributed by atoms with E-state index >= 15 is 0 Å². The highest BCUT2D eigenvalue weighted by Gasteiger charge is 2.09. The molecule has 0 saturated carbocycles. The highest BCUT2D eigenvalue weighted by atomic mass is 32.2. The second-order valence-electron chi connectivity index (χ2n) is 2.08. The standard InChI is InChI=1S/C8H5F2NS/c1-12-8-6(9)2-5(4-11)3-7(8)10/h2-3H,1H3. The lowest BCUT2D eigenvalue weighted by Crippen LogP contribution is -1.88. The molecule has 0 bridgehead atoms. The molecule has 0 amide bonds. The average molecular weight is 185 g/mol. The normalized spacial score (nSPS) is 9.50. The maximum absolute atomic E-state index is 12.9. The van der Waals surface area contributed by atoms with Gasteiger partial charge in [-0.25, -0.2) is 8.78 Å². The molecule has 12 heavy (non-hydrogen) atoms. The van der Waals surface area contributed by atoms with E-state index < -0.39 is 11.6 Å². The van der Waals surface area contributed by atoms with Gasteiger partial charge in [-0.2, -0.15) is 5.26 Å². The van der Waals surface area contributed by atoms with E-state index in [1.165, 1.54) is 0 Å². The van der Waals surface area contributed by atoms with Crippen LogP contribution in [0.15, 0.2) is 17.0 Å². The molecule has 0 heterocycles. The van der Waals surface area contributed by atoms with Crippen molar-refractivity contribution in [3.05, 3.63) is 29.3 Å². The molecule has 0 N–H and O–H groups in total. The number of hydrogen-bond acceptors (Lipinski definition) is 2. The molecule has 0 atom stereocenters. The summed E-state index contributed by atoms with van der Waals surface area (Å²) in [4.78, 5) is -0.0472. The maximum atomic E-state index is 12.9. The second-order valence-corrected chi connectivity index (χ2v) is 2.90. The van der Waals surface area contributed by atoms with Crippen LogP contribution in [0.25, 0.3) is 0 Å². The van der Waals surface area contributed by atoms with Gasteiger partial charge >= 0.3 is 0 Å². The lowest BCUT2D eigenvalue weighted by atomic mass is 10.2. The van der Waals surface area contributed by atoms with Crippen LogP contribution in [0.3, 0.4) is 0 Å². The van der Waals surface area contributed by atoms with Gasteiger partial charge in [0.15, 0.2) is 0 Å². The van der Waals surface area contributed by atoms with Gasteiger partial charge in [-0.3, -0.25) is 0 Å². The van der Waals surface area contributed by atoms with Gasteiger partial charge in [0.1, 0.15) is 11.6 Å². The van der Waals surface area contributed by atoms with Gasteiger partial charge in [-0.05, 0) is 18.4 Å². The summed E-state index contributed by atoms with van der Waals surface area (Å²) in [5.74, 6) is -1.36. The van der Waals surface area contributed by atoms with Gasteiger partial charge < -0.3 is 0 Å². The molecule has 1 aromatic carbocycles. The zero-order valence-electron chi connectivity index (χ0n) is 6.27. The molecule has 1 nitrogen and oxygen atoms in total. The summed E-state index contributed by atoms with van der Waals surface area (Å²) in [5.41, 5.74) is 0.00259. The van der Waals surface area contributed by atoms with Crippen molar-refractivity contribution in [2.24, 2.45) is 0 Å². The van der Waals surface area contributed by atoms with Gasteiger partial charge in [-0.15, -0.1) is 11.8 Å². The molecule has 0 radical (unpaired) electrons. The topological polar surface area (TPSA) is 23.8 Å². The third-order valence-electron chi connectivity index (χ3n) is 1.33.